The number of imidazole rings is 1. The molecule has 0 bridgehead atoms. The maximum Gasteiger partial charge on any atom is 0.416 e. The minimum Gasteiger partial charge on any atom is -0.390 e. The molecular weight excluding hydrogens is 380 g/mol. The first-order valence-corrected chi connectivity index (χ1v) is 9.04. The number of alkyl halides is 3. The number of hydrogen-bond donors (Lipinski definition) is 1. The van der Waals surface area contributed by atoms with Gasteiger partial charge in [0.2, 0.25) is 0 Å². The van der Waals surface area contributed by atoms with Gasteiger partial charge in [0.25, 0.3) is 0 Å². The fourth-order valence-corrected chi connectivity index (χ4v) is 3.51. The van der Waals surface area contributed by atoms with Crippen molar-refractivity contribution in [3.05, 3.63) is 82.9 Å². The number of rotatable bonds is 6. The normalized spacial score (nSPS) is 11.7. The van der Waals surface area contributed by atoms with Crippen LogP contribution in [0.5, 0.6) is 0 Å². The molecule has 1 heterocycles. The molecule has 0 aliphatic rings. The Hall–Kier alpha value is -2.32. The second kappa shape index (κ2) is 8.14. The lowest BCUT2D eigenvalue weighted by Gasteiger charge is -2.11. The van der Waals surface area contributed by atoms with Crippen LogP contribution in [-0.4, -0.2) is 14.7 Å². The fourth-order valence-electron chi connectivity index (χ4n) is 2.56. The number of benzene rings is 2. The third kappa shape index (κ3) is 4.90. The predicted molar refractivity (Wildman–Crippen MR) is 94.7 cm³/mol. The molecule has 0 atom stereocenters. The van der Waals surface area contributed by atoms with Crippen LogP contribution >= 0.6 is 11.8 Å². The largest absolute Gasteiger partial charge is 0.416 e. The van der Waals surface area contributed by atoms with E-state index in [0.717, 1.165) is 23.3 Å². The lowest BCUT2D eigenvalue weighted by atomic mass is 10.1. The highest BCUT2D eigenvalue weighted by Crippen LogP contribution is 2.30. The molecule has 3 nitrogen and oxygen atoms in total. The maximum atomic E-state index is 13.4. The van der Waals surface area contributed by atoms with Crippen LogP contribution in [-0.2, 0) is 25.1 Å². The van der Waals surface area contributed by atoms with Crippen LogP contribution in [0.2, 0.25) is 0 Å². The maximum absolute atomic E-state index is 13.4. The minimum absolute atomic E-state index is 0.219. The molecule has 0 saturated carbocycles. The zero-order chi connectivity index (χ0) is 19.4. The molecule has 142 valence electrons. The predicted octanol–water partition coefficient (Wildman–Crippen LogP) is 4.87. The van der Waals surface area contributed by atoms with Gasteiger partial charge in [-0.25, -0.2) is 9.37 Å². The summed E-state index contributed by atoms with van der Waals surface area (Å²) in [5.41, 5.74) is 1.33. The van der Waals surface area contributed by atoms with Crippen molar-refractivity contribution in [3.63, 3.8) is 0 Å². The van der Waals surface area contributed by atoms with E-state index in [2.05, 4.69) is 4.98 Å². The van der Waals surface area contributed by atoms with Gasteiger partial charge in [0.15, 0.2) is 5.16 Å². The smallest absolute Gasteiger partial charge is 0.390 e. The van der Waals surface area contributed by atoms with Gasteiger partial charge in [0.05, 0.1) is 30.6 Å². The molecule has 3 aromatic rings. The first-order valence-electron chi connectivity index (χ1n) is 8.05. The average molecular weight is 396 g/mol. The van der Waals surface area contributed by atoms with Gasteiger partial charge in [-0.05, 0) is 35.4 Å². The van der Waals surface area contributed by atoms with Crippen LogP contribution in [0.15, 0.2) is 59.9 Å². The Kier molecular flexibility index (Phi) is 5.86. The zero-order valence-corrected chi connectivity index (χ0v) is 14.9. The zero-order valence-electron chi connectivity index (χ0n) is 14.1. The van der Waals surface area contributed by atoms with Gasteiger partial charge < -0.3 is 9.67 Å². The van der Waals surface area contributed by atoms with E-state index in [9.17, 15) is 22.7 Å². The average Bonchev–Trinajstić information content (AvgIpc) is 3.01. The molecule has 3 rings (SSSR count). The molecule has 0 spiro atoms. The fraction of sp³-hybridized carbons (Fsp3) is 0.211. The van der Waals surface area contributed by atoms with Gasteiger partial charge in [0, 0.05) is 5.75 Å². The van der Waals surface area contributed by atoms with E-state index < -0.39 is 11.7 Å². The molecule has 0 aliphatic carbocycles. The lowest BCUT2D eigenvalue weighted by molar-refractivity contribution is -0.137. The number of hydrogen-bond acceptors (Lipinski definition) is 3. The highest BCUT2D eigenvalue weighted by molar-refractivity contribution is 7.98. The molecule has 1 aromatic heterocycles. The minimum atomic E-state index is -4.36. The number of thioether (sulfide) groups is 1. The summed E-state index contributed by atoms with van der Waals surface area (Å²) < 4.78 is 53.1. The second-order valence-corrected chi connectivity index (χ2v) is 6.83. The van der Waals surface area contributed by atoms with E-state index in [1.54, 1.807) is 16.7 Å². The summed E-state index contributed by atoms with van der Waals surface area (Å²) in [6, 6.07) is 11.1. The van der Waals surface area contributed by atoms with Gasteiger partial charge in [0.1, 0.15) is 5.82 Å². The van der Waals surface area contributed by atoms with Gasteiger partial charge in [-0.2, -0.15) is 13.2 Å². The third-order valence-electron chi connectivity index (χ3n) is 3.94. The molecule has 2 aromatic carbocycles. The van der Waals surface area contributed by atoms with Crippen molar-refractivity contribution in [2.75, 3.05) is 0 Å². The van der Waals surface area contributed by atoms with Crippen molar-refractivity contribution >= 4 is 11.8 Å². The lowest BCUT2D eigenvalue weighted by Crippen LogP contribution is -2.06. The SMILES string of the molecule is OCc1cnc(SCc2ccc(C(F)(F)F)cc2)n1Cc1cccc(F)c1. The Morgan fingerprint density at radius 3 is 2.41 bits per heavy atom. The summed E-state index contributed by atoms with van der Waals surface area (Å²) in [7, 11) is 0. The number of nitrogens with zero attached hydrogens (tertiary/aromatic N) is 2. The van der Waals surface area contributed by atoms with E-state index in [1.807, 2.05) is 0 Å². The molecule has 27 heavy (non-hydrogen) atoms. The number of aromatic nitrogens is 2. The Bertz CT molecular complexity index is 907. The Balaban J connectivity index is 1.74. The summed E-state index contributed by atoms with van der Waals surface area (Å²) >= 11 is 1.34. The molecule has 1 N–H and O–H groups in total. The number of aliphatic hydroxyl groups excluding tert-OH is 1. The van der Waals surface area contributed by atoms with Crippen LogP contribution in [0.1, 0.15) is 22.4 Å². The molecule has 0 amide bonds. The Labute approximate surface area is 157 Å². The van der Waals surface area contributed by atoms with Crippen molar-refractivity contribution in [1.29, 1.82) is 0 Å². The summed E-state index contributed by atoms with van der Waals surface area (Å²) in [6.07, 6.45) is -2.82. The second-order valence-electron chi connectivity index (χ2n) is 5.89. The van der Waals surface area contributed by atoms with E-state index in [1.165, 1.54) is 42.2 Å². The van der Waals surface area contributed by atoms with Gasteiger partial charge >= 0.3 is 6.18 Å². The topological polar surface area (TPSA) is 38.1 Å². The van der Waals surface area contributed by atoms with Crippen LogP contribution in [0.3, 0.4) is 0 Å². The highest BCUT2D eigenvalue weighted by atomic mass is 32.2. The molecule has 8 heteroatoms. The van der Waals surface area contributed by atoms with E-state index in [4.69, 9.17) is 0 Å². The molecule has 0 fully saturated rings. The Morgan fingerprint density at radius 2 is 1.78 bits per heavy atom. The molecule has 0 unspecified atom stereocenters. The van der Waals surface area contributed by atoms with Crippen LogP contribution in [0.4, 0.5) is 17.6 Å². The summed E-state index contributed by atoms with van der Waals surface area (Å²) in [4.78, 5) is 4.27. The van der Waals surface area contributed by atoms with Gasteiger partial charge in [-0.1, -0.05) is 36.0 Å². The molecule has 0 radical (unpaired) electrons. The van der Waals surface area contributed by atoms with Crippen molar-refractivity contribution in [2.45, 2.75) is 30.2 Å². The van der Waals surface area contributed by atoms with Gasteiger partial charge in [-0.3, -0.25) is 0 Å². The summed E-state index contributed by atoms with van der Waals surface area (Å²) in [6.45, 7) is 0.117. The van der Waals surface area contributed by atoms with E-state index >= 15 is 0 Å². The van der Waals surface area contributed by atoms with Crippen LogP contribution in [0, 0.1) is 5.82 Å². The highest BCUT2D eigenvalue weighted by Gasteiger charge is 2.29. The third-order valence-corrected chi connectivity index (χ3v) is 5.00. The quantitative estimate of drug-likeness (QED) is 0.477. The van der Waals surface area contributed by atoms with Crippen molar-refractivity contribution in [2.24, 2.45) is 0 Å². The first-order chi connectivity index (χ1) is 12.9. The number of halogens is 4. The van der Waals surface area contributed by atoms with E-state index in [-0.39, 0.29) is 12.4 Å². The van der Waals surface area contributed by atoms with Crippen molar-refractivity contribution in [1.82, 2.24) is 9.55 Å². The van der Waals surface area contributed by atoms with Crippen molar-refractivity contribution < 1.29 is 22.7 Å². The summed E-state index contributed by atoms with van der Waals surface area (Å²) in [5.74, 6) is 0.0699. The van der Waals surface area contributed by atoms with Gasteiger partial charge in [-0.15, -0.1) is 0 Å². The molecular formula is C19H16F4N2OS. The summed E-state index contributed by atoms with van der Waals surface area (Å²) in [5, 5.41) is 10.1. The van der Waals surface area contributed by atoms with Crippen molar-refractivity contribution in [3.8, 4) is 0 Å². The van der Waals surface area contributed by atoms with E-state index in [0.29, 0.717) is 23.1 Å². The number of aliphatic hydroxyl groups is 1. The molecule has 0 aliphatic heterocycles. The monoisotopic (exact) mass is 396 g/mol. The molecule has 0 saturated heterocycles. The first kappa shape index (κ1) is 19.4. The standard InChI is InChI=1S/C19H16F4N2OS/c20-16-3-1-2-14(8-16)10-25-17(11-26)9-24-18(25)27-12-13-4-6-15(7-5-13)19(21,22)23/h1-9,26H,10-12H2. The van der Waals surface area contributed by atoms with Crippen LogP contribution in [0.25, 0.3) is 0 Å². The van der Waals surface area contributed by atoms with Crippen LogP contribution < -0.4 is 0 Å². The Morgan fingerprint density at radius 1 is 1.04 bits per heavy atom.